The Labute approximate surface area is 137 Å². The fourth-order valence-electron chi connectivity index (χ4n) is 1.98. The number of methoxy groups -OCH3 is 1. The Kier molecular flexibility index (Phi) is 5.70. The first-order valence-electron chi connectivity index (χ1n) is 6.95. The highest BCUT2D eigenvalue weighted by molar-refractivity contribution is 7.12. The van der Waals surface area contributed by atoms with Gasteiger partial charge in [-0.2, -0.15) is 0 Å². The van der Waals surface area contributed by atoms with Crippen molar-refractivity contribution in [1.82, 2.24) is 10.6 Å². The van der Waals surface area contributed by atoms with Crippen molar-refractivity contribution < 1.29 is 18.7 Å². The molecule has 0 saturated carbocycles. The number of ether oxygens (including phenoxy) is 1. The Morgan fingerprint density at radius 1 is 1.35 bits per heavy atom. The normalized spacial score (nSPS) is 11.6. The van der Waals surface area contributed by atoms with Gasteiger partial charge >= 0.3 is 0 Å². The van der Waals surface area contributed by atoms with Crippen molar-refractivity contribution in [2.24, 2.45) is 0 Å². The van der Waals surface area contributed by atoms with E-state index in [9.17, 15) is 14.0 Å². The average molecular weight is 336 g/mol. The molecule has 2 rings (SSSR count). The smallest absolute Gasteiger partial charge is 0.261 e. The molecule has 0 aliphatic carbocycles. The van der Waals surface area contributed by atoms with Crippen LogP contribution in [-0.4, -0.2) is 25.5 Å². The van der Waals surface area contributed by atoms with Crippen molar-refractivity contribution in [3.8, 4) is 5.75 Å². The lowest BCUT2D eigenvalue weighted by atomic mass is 10.1. The van der Waals surface area contributed by atoms with E-state index in [0.717, 1.165) is 0 Å². The lowest BCUT2D eigenvalue weighted by Crippen LogP contribution is -2.37. The maximum absolute atomic E-state index is 13.7. The molecule has 2 amide bonds. The van der Waals surface area contributed by atoms with Gasteiger partial charge in [0.25, 0.3) is 5.91 Å². The van der Waals surface area contributed by atoms with Crippen molar-refractivity contribution >= 4 is 23.2 Å². The van der Waals surface area contributed by atoms with Crippen LogP contribution in [0.4, 0.5) is 4.39 Å². The Morgan fingerprint density at radius 3 is 2.74 bits per heavy atom. The van der Waals surface area contributed by atoms with Crippen LogP contribution in [-0.2, 0) is 4.79 Å². The Hall–Kier alpha value is -2.41. The second kappa shape index (κ2) is 7.73. The molecule has 0 aliphatic rings. The number of hydrogen-bond acceptors (Lipinski definition) is 4. The molecule has 2 aromatic rings. The second-order valence-corrected chi connectivity index (χ2v) is 5.79. The summed E-state index contributed by atoms with van der Waals surface area (Å²) in [4.78, 5) is 24.1. The summed E-state index contributed by atoms with van der Waals surface area (Å²) in [5, 5.41) is 7.03. The highest BCUT2D eigenvalue weighted by Gasteiger charge is 2.13. The maximum atomic E-state index is 13.7. The number of rotatable bonds is 6. The van der Waals surface area contributed by atoms with Gasteiger partial charge in [-0.25, -0.2) is 4.39 Å². The summed E-state index contributed by atoms with van der Waals surface area (Å²) in [5.41, 5.74) is 0.612. The number of thiophene rings is 1. The van der Waals surface area contributed by atoms with Gasteiger partial charge in [0.05, 0.1) is 24.6 Å². The van der Waals surface area contributed by atoms with Gasteiger partial charge < -0.3 is 15.4 Å². The zero-order valence-corrected chi connectivity index (χ0v) is 13.6. The van der Waals surface area contributed by atoms with Crippen molar-refractivity contribution in [1.29, 1.82) is 0 Å². The number of amides is 2. The Balaban J connectivity index is 1.87. The molecule has 0 saturated heterocycles. The summed E-state index contributed by atoms with van der Waals surface area (Å²) < 4.78 is 18.5. The number of hydrogen-bond donors (Lipinski definition) is 2. The van der Waals surface area contributed by atoms with E-state index < -0.39 is 5.82 Å². The molecule has 2 N–H and O–H groups in total. The van der Waals surface area contributed by atoms with Crippen molar-refractivity contribution in [3.63, 3.8) is 0 Å². The molecule has 122 valence electrons. The van der Waals surface area contributed by atoms with Gasteiger partial charge in [0.2, 0.25) is 5.91 Å². The molecule has 1 aromatic carbocycles. The van der Waals surface area contributed by atoms with Gasteiger partial charge in [-0.1, -0.05) is 12.1 Å². The molecule has 0 fully saturated rings. The van der Waals surface area contributed by atoms with Crippen LogP contribution < -0.4 is 15.4 Å². The highest BCUT2D eigenvalue weighted by Crippen LogP contribution is 2.21. The zero-order valence-electron chi connectivity index (χ0n) is 12.8. The molecule has 1 atom stereocenters. The van der Waals surface area contributed by atoms with Crippen LogP contribution in [0.2, 0.25) is 0 Å². The quantitative estimate of drug-likeness (QED) is 0.852. The van der Waals surface area contributed by atoms with E-state index in [1.165, 1.54) is 30.6 Å². The number of carbonyl (C=O) groups excluding carboxylic acids is 2. The van der Waals surface area contributed by atoms with E-state index in [-0.39, 0.29) is 30.2 Å². The largest absolute Gasteiger partial charge is 0.494 e. The first-order valence-corrected chi connectivity index (χ1v) is 7.83. The van der Waals surface area contributed by atoms with Crippen molar-refractivity contribution in [3.05, 3.63) is 52.0 Å². The number of nitrogens with one attached hydrogen (secondary N) is 2. The summed E-state index contributed by atoms with van der Waals surface area (Å²) in [5.74, 6) is -0.982. The molecule has 7 heteroatoms. The van der Waals surface area contributed by atoms with E-state index in [1.807, 2.05) is 0 Å². The van der Waals surface area contributed by atoms with E-state index in [2.05, 4.69) is 10.6 Å². The van der Waals surface area contributed by atoms with E-state index in [0.29, 0.717) is 10.4 Å². The van der Waals surface area contributed by atoms with Crippen LogP contribution in [0.5, 0.6) is 5.75 Å². The standard InChI is InChI=1S/C16H17FN2O3S/c1-10(11-5-6-13(22-2)12(17)8-11)19-15(20)9-18-16(21)14-4-3-7-23-14/h3-8,10H,9H2,1-2H3,(H,18,21)(H,19,20)/t10-/m0/s1. The summed E-state index contributed by atoms with van der Waals surface area (Å²) >= 11 is 1.30. The fourth-order valence-corrected chi connectivity index (χ4v) is 2.62. The Morgan fingerprint density at radius 2 is 2.13 bits per heavy atom. The lowest BCUT2D eigenvalue weighted by molar-refractivity contribution is -0.120. The molecular weight excluding hydrogens is 319 g/mol. The van der Waals surface area contributed by atoms with Gasteiger partial charge in [0, 0.05) is 0 Å². The van der Waals surface area contributed by atoms with Crippen LogP contribution >= 0.6 is 11.3 Å². The van der Waals surface area contributed by atoms with Crippen LogP contribution in [0.3, 0.4) is 0 Å². The van der Waals surface area contributed by atoms with Crippen molar-refractivity contribution in [2.45, 2.75) is 13.0 Å². The third kappa shape index (κ3) is 4.53. The summed E-state index contributed by atoms with van der Waals surface area (Å²) in [6, 6.07) is 7.55. The number of carbonyl (C=O) groups is 2. The minimum atomic E-state index is -0.489. The minimum Gasteiger partial charge on any atom is -0.494 e. The Bertz CT molecular complexity index is 689. The SMILES string of the molecule is COc1ccc([C@H](C)NC(=O)CNC(=O)c2cccs2)cc1F. The maximum Gasteiger partial charge on any atom is 0.261 e. The van der Waals surface area contributed by atoms with Crippen molar-refractivity contribution in [2.75, 3.05) is 13.7 Å². The topological polar surface area (TPSA) is 67.4 Å². The molecule has 0 unspecified atom stereocenters. The molecule has 0 radical (unpaired) electrons. The molecule has 1 aromatic heterocycles. The fraction of sp³-hybridized carbons (Fsp3) is 0.250. The lowest BCUT2D eigenvalue weighted by Gasteiger charge is -2.15. The van der Waals surface area contributed by atoms with E-state index in [1.54, 1.807) is 30.5 Å². The number of benzene rings is 1. The molecule has 5 nitrogen and oxygen atoms in total. The van der Waals surface area contributed by atoms with E-state index >= 15 is 0 Å². The number of halogens is 1. The zero-order chi connectivity index (χ0) is 16.8. The second-order valence-electron chi connectivity index (χ2n) is 4.84. The predicted molar refractivity (Wildman–Crippen MR) is 86.2 cm³/mol. The first kappa shape index (κ1) is 17.0. The predicted octanol–water partition coefficient (Wildman–Crippen LogP) is 2.50. The monoisotopic (exact) mass is 336 g/mol. The van der Waals surface area contributed by atoms with Gasteiger partial charge in [-0.05, 0) is 36.1 Å². The third-order valence-corrected chi connectivity index (χ3v) is 4.08. The molecule has 0 aliphatic heterocycles. The molecule has 0 bridgehead atoms. The van der Waals surface area contributed by atoms with E-state index in [4.69, 9.17) is 4.74 Å². The van der Waals surface area contributed by atoms with Crippen LogP contribution in [0, 0.1) is 5.82 Å². The summed E-state index contributed by atoms with van der Waals surface area (Å²) in [6.07, 6.45) is 0. The molecule has 23 heavy (non-hydrogen) atoms. The van der Waals surface area contributed by atoms with Crippen LogP contribution in [0.25, 0.3) is 0 Å². The minimum absolute atomic E-state index is 0.139. The van der Waals surface area contributed by atoms with Crippen LogP contribution in [0.15, 0.2) is 35.7 Å². The van der Waals surface area contributed by atoms with Gasteiger partial charge in [0.1, 0.15) is 0 Å². The average Bonchev–Trinajstić information content (AvgIpc) is 3.07. The molecule has 0 spiro atoms. The summed E-state index contributed by atoms with van der Waals surface area (Å²) in [6.45, 7) is 1.60. The van der Waals surface area contributed by atoms with Gasteiger partial charge in [-0.15, -0.1) is 11.3 Å². The molecular formula is C16H17FN2O3S. The first-order chi connectivity index (χ1) is 11.0. The van der Waals surface area contributed by atoms with Crippen LogP contribution in [0.1, 0.15) is 28.2 Å². The van der Waals surface area contributed by atoms with Gasteiger partial charge in [0.15, 0.2) is 11.6 Å². The third-order valence-electron chi connectivity index (χ3n) is 3.21. The molecule has 1 heterocycles. The van der Waals surface area contributed by atoms with Gasteiger partial charge in [-0.3, -0.25) is 9.59 Å². The summed E-state index contributed by atoms with van der Waals surface area (Å²) in [7, 11) is 1.39. The highest BCUT2D eigenvalue weighted by atomic mass is 32.1.